The van der Waals surface area contributed by atoms with Crippen LogP contribution >= 0.6 is 0 Å². The fraction of sp³-hybridized carbons (Fsp3) is 1.00. The molecule has 2 aliphatic rings. The van der Waals surface area contributed by atoms with Gasteiger partial charge in [-0.2, -0.15) is 13.2 Å². The van der Waals surface area contributed by atoms with E-state index in [1.54, 1.807) is 0 Å². The SMILES string of the molecule is CC1C2CC(CC(F)(F)F)C(C2)C1C. The van der Waals surface area contributed by atoms with Gasteiger partial charge < -0.3 is 0 Å². The number of fused-ring (bicyclic) bond motifs is 2. The Morgan fingerprint density at radius 1 is 1.07 bits per heavy atom. The molecule has 2 saturated carbocycles. The summed E-state index contributed by atoms with van der Waals surface area (Å²) in [4.78, 5) is 0. The lowest BCUT2D eigenvalue weighted by atomic mass is 9.74. The molecule has 3 heteroatoms. The Balaban J connectivity index is 2.00. The first kappa shape index (κ1) is 10.3. The average molecular weight is 206 g/mol. The van der Waals surface area contributed by atoms with Gasteiger partial charge in [0.05, 0.1) is 0 Å². The predicted molar refractivity (Wildman–Crippen MR) is 48.7 cm³/mol. The molecule has 2 aliphatic carbocycles. The van der Waals surface area contributed by atoms with Crippen molar-refractivity contribution < 1.29 is 13.2 Å². The van der Waals surface area contributed by atoms with Gasteiger partial charge in [-0.05, 0) is 42.4 Å². The largest absolute Gasteiger partial charge is 0.389 e. The number of alkyl halides is 3. The number of hydrogen-bond donors (Lipinski definition) is 0. The maximum Gasteiger partial charge on any atom is 0.389 e. The molecule has 0 spiro atoms. The quantitative estimate of drug-likeness (QED) is 0.611. The van der Waals surface area contributed by atoms with Crippen molar-refractivity contribution in [3.05, 3.63) is 0 Å². The van der Waals surface area contributed by atoms with Crippen molar-refractivity contribution in [1.29, 1.82) is 0 Å². The van der Waals surface area contributed by atoms with Crippen LogP contribution in [0.3, 0.4) is 0 Å². The van der Waals surface area contributed by atoms with E-state index in [4.69, 9.17) is 0 Å². The molecule has 2 bridgehead atoms. The van der Waals surface area contributed by atoms with Crippen LogP contribution in [0.4, 0.5) is 13.2 Å². The molecular weight excluding hydrogens is 189 g/mol. The van der Waals surface area contributed by atoms with Crippen molar-refractivity contribution in [2.75, 3.05) is 0 Å². The molecule has 0 aliphatic heterocycles. The van der Waals surface area contributed by atoms with E-state index < -0.39 is 12.6 Å². The van der Waals surface area contributed by atoms with Crippen molar-refractivity contribution in [2.45, 2.75) is 39.3 Å². The third-order valence-electron chi connectivity index (χ3n) is 4.53. The van der Waals surface area contributed by atoms with E-state index in [0.29, 0.717) is 23.7 Å². The third kappa shape index (κ3) is 1.66. The van der Waals surface area contributed by atoms with Crippen LogP contribution in [0.2, 0.25) is 0 Å². The molecule has 0 N–H and O–H groups in total. The topological polar surface area (TPSA) is 0 Å². The fourth-order valence-corrected chi connectivity index (χ4v) is 3.63. The van der Waals surface area contributed by atoms with E-state index >= 15 is 0 Å². The summed E-state index contributed by atoms with van der Waals surface area (Å²) in [6.07, 6.45) is -2.65. The molecule has 0 aromatic rings. The molecular formula is C11H17F3. The zero-order valence-corrected chi connectivity index (χ0v) is 8.64. The van der Waals surface area contributed by atoms with Gasteiger partial charge in [-0.3, -0.25) is 0 Å². The highest BCUT2D eigenvalue weighted by Crippen LogP contribution is 2.57. The highest BCUT2D eigenvalue weighted by molar-refractivity contribution is 4.97. The molecule has 82 valence electrons. The molecule has 0 saturated heterocycles. The first-order valence-corrected chi connectivity index (χ1v) is 5.45. The second kappa shape index (κ2) is 3.14. The van der Waals surface area contributed by atoms with Gasteiger partial charge in [-0.25, -0.2) is 0 Å². The third-order valence-corrected chi connectivity index (χ3v) is 4.53. The minimum Gasteiger partial charge on any atom is -0.171 e. The maximum atomic E-state index is 12.3. The lowest BCUT2D eigenvalue weighted by Crippen LogP contribution is -2.28. The van der Waals surface area contributed by atoms with Crippen LogP contribution in [-0.2, 0) is 0 Å². The van der Waals surface area contributed by atoms with Crippen LogP contribution in [0.15, 0.2) is 0 Å². The zero-order valence-electron chi connectivity index (χ0n) is 8.64. The number of rotatable bonds is 1. The Morgan fingerprint density at radius 3 is 2.14 bits per heavy atom. The molecule has 2 rings (SSSR count). The second-order valence-electron chi connectivity index (χ2n) is 5.19. The predicted octanol–water partition coefficient (Wildman–Crippen LogP) is 3.87. The molecule has 0 radical (unpaired) electrons. The monoisotopic (exact) mass is 206 g/mol. The van der Waals surface area contributed by atoms with Crippen molar-refractivity contribution in [3.63, 3.8) is 0 Å². The van der Waals surface area contributed by atoms with Gasteiger partial charge in [-0.15, -0.1) is 0 Å². The summed E-state index contributed by atoms with van der Waals surface area (Å²) in [5, 5.41) is 0. The average Bonchev–Trinajstić information content (AvgIpc) is 2.51. The standard InChI is InChI=1S/C11H17F3/c1-6-7(2)10-4-8(6)3-9(10)5-11(12,13)14/h6-10H,3-5H2,1-2H3. The van der Waals surface area contributed by atoms with Crippen molar-refractivity contribution in [1.82, 2.24) is 0 Å². The summed E-state index contributed by atoms with van der Waals surface area (Å²) in [6.45, 7) is 4.32. The molecule has 0 amide bonds. The summed E-state index contributed by atoms with van der Waals surface area (Å²) < 4.78 is 36.8. The molecule has 0 aromatic carbocycles. The first-order chi connectivity index (χ1) is 6.38. The Bertz CT molecular complexity index is 219. The summed E-state index contributed by atoms with van der Waals surface area (Å²) in [6, 6.07) is 0. The summed E-state index contributed by atoms with van der Waals surface area (Å²) in [5.41, 5.74) is 0. The van der Waals surface area contributed by atoms with Gasteiger partial charge in [0.25, 0.3) is 0 Å². The van der Waals surface area contributed by atoms with Crippen LogP contribution < -0.4 is 0 Å². The molecule has 5 atom stereocenters. The van der Waals surface area contributed by atoms with E-state index in [2.05, 4.69) is 13.8 Å². The Kier molecular flexibility index (Phi) is 2.31. The summed E-state index contributed by atoms with van der Waals surface area (Å²) in [7, 11) is 0. The summed E-state index contributed by atoms with van der Waals surface area (Å²) in [5.74, 6) is 1.98. The maximum absolute atomic E-state index is 12.3. The molecule has 0 aromatic heterocycles. The second-order valence-corrected chi connectivity index (χ2v) is 5.19. The molecule has 0 nitrogen and oxygen atoms in total. The van der Waals surface area contributed by atoms with Crippen LogP contribution in [0, 0.1) is 29.6 Å². The van der Waals surface area contributed by atoms with Crippen molar-refractivity contribution in [3.8, 4) is 0 Å². The van der Waals surface area contributed by atoms with Crippen LogP contribution in [0.25, 0.3) is 0 Å². The van der Waals surface area contributed by atoms with E-state index in [-0.39, 0.29) is 5.92 Å². The van der Waals surface area contributed by atoms with Crippen LogP contribution in [0.5, 0.6) is 0 Å². The van der Waals surface area contributed by atoms with Crippen molar-refractivity contribution >= 4 is 0 Å². The van der Waals surface area contributed by atoms with E-state index in [0.717, 1.165) is 12.8 Å². The van der Waals surface area contributed by atoms with E-state index in [1.165, 1.54) is 0 Å². The lowest BCUT2D eigenvalue weighted by molar-refractivity contribution is -0.150. The molecule has 0 heterocycles. The molecule has 5 unspecified atom stereocenters. The van der Waals surface area contributed by atoms with Gasteiger partial charge in [-0.1, -0.05) is 13.8 Å². The fourth-order valence-electron chi connectivity index (χ4n) is 3.63. The smallest absolute Gasteiger partial charge is 0.171 e. The normalized spacial score (nSPS) is 47.4. The lowest BCUT2D eigenvalue weighted by Gasteiger charge is -2.32. The van der Waals surface area contributed by atoms with Gasteiger partial charge in [0.1, 0.15) is 0 Å². The minimum atomic E-state index is -3.96. The molecule has 2 fully saturated rings. The Hall–Kier alpha value is -0.210. The zero-order chi connectivity index (χ0) is 10.5. The van der Waals surface area contributed by atoms with Gasteiger partial charge in [0.2, 0.25) is 0 Å². The number of hydrogen-bond acceptors (Lipinski definition) is 0. The Labute approximate surface area is 82.9 Å². The van der Waals surface area contributed by atoms with Crippen LogP contribution in [0.1, 0.15) is 33.1 Å². The minimum absolute atomic E-state index is 0.0776. The van der Waals surface area contributed by atoms with Crippen LogP contribution in [-0.4, -0.2) is 6.18 Å². The van der Waals surface area contributed by atoms with E-state index in [1.807, 2.05) is 0 Å². The number of halogens is 3. The summed E-state index contributed by atoms with van der Waals surface area (Å²) >= 11 is 0. The molecule has 14 heavy (non-hydrogen) atoms. The van der Waals surface area contributed by atoms with Gasteiger partial charge >= 0.3 is 6.18 Å². The van der Waals surface area contributed by atoms with Gasteiger partial charge in [0.15, 0.2) is 0 Å². The van der Waals surface area contributed by atoms with Gasteiger partial charge in [0, 0.05) is 6.42 Å². The highest BCUT2D eigenvalue weighted by Gasteiger charge is 2.51. The first-order valence-electron chi connectivity index (χ1n) is 5.45. The van der Waals surface area contributed by atoms with E-state index in [9.17, 15) is 13.2 Å². The Morgan fingerprint density at radius 2 is 1.71 bits per heavy atom. The van der Waals surface area contributed by atoms with Crippen molar-refractivity contribution in [2.24, 2.45) is 29.6 Å². The highest BCUT2D eigenvalue weighted by atomic mass is 19.4.